The van der Waals surface area contributed by atoms with Gasteiger partial charge in [0, 0.05) is 18.1 Å². The number of allylic oxidation sites excluding steroid dienone is 2. The molecular weight excluding hydrogens is 232 g/mol. The normalized spacial score (nSPS) is 10.4. The molecule has 0 saturated heterocycles. The molecule has 0 atom stereocenters. The molecule has 0 amide bonds. The minimum absolute atomic E-state index is 0.196. The third kappa shape index (κ3) is 3.66. The number of carbonyl (C=O) groups excluding carboxylic acids is 3. The molecule has 4 heteroatoms. The van der Waals surface area contributed by atoms with Gasteiger partial charge < -0.3 is 4.74 Å². The molecule has 0 aliphatic heterocycles. The first-order valence-electron chi connectivity index (χ1n) is 5.45. The SMILES string of the molecule is C/C=C/C(=O)c1cc(OC(C)=O)cc(C(C)=O)c1. The zero-order chi connectivity index (χ0) is 13.7. The predicted octanol–water partition coefficient (Wildman–Crippen LogP) is 2.57. The number of hydrogen-bond donors (Lipinski definition) is 0. The van der Waals surface area contributed by atoms with E-state index in [0.29, 0.717) is 11.1 Å². The maximum Gasteiger partial charge on any atom is 0.308 e. The summed E-state index contributed by atoms with van der Waals surface area (Å²) in [6.45, 7) is 4.37. The first-order valence-corrected chi connectivity index (χ1v) is 5.45. The van der Waals surface area contributed by atoms with Crippen LogP contribution >= 0.6 is 0 Å². The molecule has 0 aliphatic rings. The van der Waals surface area contributed by atoms with Gasteiger partial charge in [0.15, 0.2) is 11.6 Å². The molecule has 0 N–H and O–H groups in total. The van der Waals surface area contributed by atoms with Crippen LogP contribution in [-0.2, 0) is 4.79 Å². The second-order valence-electron chi connectivity index (χ2n) is 3.76. The number of ketones is 2. The van der Waals surface area contributed by atoms with Crippen molar-refractivity contribution in [3.63, 3.8) is 0 Å². The third-order valence-electron chi connectivity index (χ3n) is 2.18. The molecule has 0 unspecified atom stereocenters. The van der Waals surface area contributed by atoms with E-state index in [1.807, 2.05) is 0 Å². The van der Waals surface area contributed by atoms with E-state index < -0.39 is 5.97 Å². The number of hydrogen-bond acceptors (Lipinski definition) is 4. The number of rotatable bonds is 4. The number of esters is 1. The van der Waals surface area contributed by atoms with Crippen molar-refractivity contribution >= 4 is 17.5 Å². The predicted molar refractivity (Wildman–Crippen MR) is 66.9 cm³/mol. The lowest BCUT2D eigenvalue weighted by atomic mass is 10.0. The van der Waals surface area contributed by atoms with E-state index in [2.05, 4.69) is 0 Å². The van der Waals surface area contributed by atoms with Crippen LogP contribution in [0.3, 0.4) is 0 Å². The monoisotopic (exact) mass is 246 g/mol. The van der Waals surface area contributed by atoms with Gasteiger partial charge in [-0.05, 0) is 38.1 Å². The first-order chi connectivity index (χ1) is 8.43. The summed E-state index contributed by atoms with van der Waals surface area (Å²) in [5.74, 6) is -0.740. The maximum absolute atomic E-state index is 11.7. The molecule has 18 heavy (non-hydrogen) atoms. The van der Waals surface area contributed by atoms with Crippen LogP contribution in [-0.4, -0.2) is 17.5 Å². The standard InChI is InChI=1S/C14H14O4/c1-4-5-14(17)12-6-11(9(2)15)7-13(8-12)18-10(3)16/h4-8H,1-3H3/b5-4+. The van der Waals surface area contributed by atoms with E-state index in [9.17, 15) is 14.4 Å². The van der Waals surface area contributed by atoms with Crippen molar-refractivity contribution in [1.82, 2.24) is 0 Å². The maximum atomic E-state index is 11.7. The van der Waals surface area contributed by atoms with Gasteiger partial charge in [-0.25, -0.2) is 0 Å². The van der Waals surface area contributed by atoms with Crippen LogP contribution < -0.4 is 4.74 Å². The summed E-state index contributed by atoms with van der Waals surface area (Å²) in [5, 5.41) is 0. The van der Waals surface area contributed by atoms with Crippen molar-refractivity contribution in [3.8, 4) is 5.75 Å². The van der Waals surface area contributed by atoms with Gasteiger partial charge >= 0.3 is 5.97 Å². The fraction of sp³-hybridized carbons (Fsp3) is 0.214. The Morgan fingerprint density at radius 3 is 2.17 bits per heavy atom. The van der Waals surface area contributed by atoms with Gasteiger partial charge in [0.1, 0.15) is 5.75 Å². The molecule has 0 spiro atoms. The summed E-state index contributed by atoms with van der Waals surface area (Å²) >= 11 is 0. The van der Waals surface area contributed by atoms with Crippen LogP contribution in [0, 0.1) is 0 Å². The van der Waals surface area contributed by atoms with Crippen LogP contribution in [0.2, 0.25) is 0 Å². The Balaban J connectivity index is 3.25. The van der Waals surface area contributed by atoms with E-state index in [1.165, 1.54) is 38.1 Å². The average molecular weight is 246 g/mol. The summed E-state index contributed by atoms with van der Waals surface area (Å²) in [7, 11) is 0. The molecule has 94 valence electrons. The molecule has 0 aliphatic carbocycles. The lowest BCUT2D eigenvalue weighted by Crippen LogP contribution is -2.05. The van der Waals surface area contributed by atoms with Crippen molar-refractivity contribution in [2.75, 3.05) is 0 Å². The molecule has 0 aromatic heterocycles. The van der Waals surface area contributed by atoms with Gasteiger partial charge in [-0.1, -0.05) is 6.08 Å². The molecule has 1 rings (SSSR count). The highest BCUT2D eigenvalue weighted by Crippen LogP contribution is 2.19. The van der Waals surface area contributed by atoms with Crippen molar-refractivity contribution in [3.05, 3.63) is 41.5 Å². The van der Waals surface area contributed by atoms with Gasteiger partial charge in [-0.2, -0.15) is 0 Å². The Kier molecular flexibility index (Phi) is 4.54. The summed E-state index contributed by atoms with van der Waals surface area (Å²) in [6.07, 6.45) is 2.99. The molecule has 0 heterocycles. The zero-order valence-electron chi connectivity index (χ0n) is 10.5. The first kappa shape index (κ1) is 13.8. The van der Waals surface area contributed by atoms with Crippen molar-refractivity contribution in [2.45, 2.75) is 20.8 Å². The number of carbonyl (C=O) groups is 3. The Hall–Kier alpha value is -2.23. The Labute approximate surface area is 105 Å². The van der Waals surface area contributed by atoms with Crippen LogP contribution in [0.5, 0.6) is 5.75 Å². The molecule has 0 saturated carbocycles. The van der Waals surface area contributed by atoms with Gasteiger partial charge in [0.05, 0.1) is 0 Å². The summed E-state index contributed by atoms with van der Waals surface area (Å²) in [6, 6.07) is 4.37. The van der Waals surface area contributed by atoms with Gasteiger partial charge in [-0.15, -0.1) is 0 Å². The summed E-state index contributed by atoms with van der Waals surface area (Å²) in [4.78, 5) is 34.0. The van der Waals surface area contributed by atoms with Crippen molar-refractivity contribution < 1.29 is 19.1 Å². The van der Waals surface area contributed by atoms with Crippen molar-refractivity contribution in [2.24, 2.45) is 0 Å². The second-order valence-corrected chi connectivity index (χ2v) is 3.76. The Bertz CT molecular complexity index is 527. The highest BCUT2D eigenvalue weighted by Gasteiger charge is 2.10. The van der Waals surface area contributed by atoms with Gasteiger partial charge in [-0.3, -0.25) is 14.4 Å². The molecule has 1 aromatic rings. The fourth-order valence-electron chi connectivity index (χ4n) is 1.42. The lowest BCUT2D eigenvalue weighted by Gasteiger charge is -2.06. The Morgan fingerprint density at radius 2 is 1.67 bits per heavy atom. The smallest absolute Gasteiger partial charge is 0.308 e. The lowest BCUT2D eigenvalue weighted by molar-refractivity contribution is -0.131. The molecular formula is C14H14O4. The van der Waals surface area contributed by atoms with E-state index in [1.54, 1.807) is 13.0 Å². The van der Waals surface area contributed by atoms with Crippen LogP contribution in [0.25, 0.3) is 0 Å². The quantitative estimate of drug-likeness (QED) is 0.354. The second kappa shape index (κ2) is 5.91. The summed E-state index contributed by atoms with van der Waals surface area (Å²) in [5.41, 5.74) is 0.652. The van der Waals surface area contributed by atoms with Gasteiger partial charge in [0.25, 0.3) is 0 Å². The summed E-state index contributed by atoms with van der Waals surface area (Å²) < 4.78 is 4.91. The molecule has 0 radical (unpaired) electrons. The van der Waals surface area contributed by atoms with Crippen LogP contribution in [0.15, 0.2) is 30.4 Å². The average Bonchev–Trinajstić information content (AvgIpc) is 2.27. The highest BCUT2D eigenvalue weighted by molar-refractivity contribution is 6.06. The van der Waals surface area contributed by atoms with E-state index in [0.717, 1.165) is 0 Å². The molecule has 0 fully saturated rings. The topological polar surface area (TPSA) is 60.4 Å². The highest BCUT2D eigenvalue weighted by atomic mass is 16.5. The number of ether oxygens (including phenoxy) is 1. The molecule has 1 aromatic carbocycles. The van der Waals surface area contributed by atoms with Crippen LogP contribution in [0.1, 0.15) is 41.5 Å². The largest absolute Gasteiger partial charge is 0.427 e. The van der Waals surface area contributed by atoms with Crippen LogP contribution in [0.4, 0.5) is 0 Å². The minimum Gasteiger partial charge on any atom is -0.427 e. The van der Waals surface area contributed by atoms with E-state index >= 15 is 0 Å². The van der Waals surface area contributed by atoms with Gasteiger partial charge in [0.2, 0.25) is 0 Å². The Morgan fingerprint density at radius 1 is 1.06 bits per heavy atom. The molecule has 4 nitrogen and oxygen atoms in total. The number of Topliss-reactive ketones (excluding diaryl/α,β-unsaturated/α-hetero) is 1. The minimum atomic E-state index is -0.500. The van der Waals surface area contributed by atoms with E-state index in [-0.39, 0.29) is 17.3 Å². The van der Waals surface area contributed by atoms with Crippen molar-refractivity contribution in [1.29, 1.82) is 0 Å². The zero-order valence-corrected chi connectivity index (χ0v) is 10.5. The van der Waals surface area contributed by atoms with E-state index in [4.69, 9.17) is 4.74 Å². The number of benzene rings is 1. The molecule has 0 bridgehead atoms. The fourth-order valence-corrected chi connectivity index (χ4v) is 1.42. The third-order valence-corrected chi connectivity index (χ3v) is 2.18.